The molecule has 1 rings (SSSR count). The molecule has 0 N–H and O–H groups in total. The summed E-state index contributed by atoms with van der Waals surface area (Å²) in [4.78, 5) is 5.21. The summed E-state index contributed by atoms with van der Waals surface area (Å²) < 4.78 is 11.3. The number of oxime groups is 1. The quantitative estimate of drug-likeness (QED) is 0.166. The van der Waals surface area contributed by atoms with Crippen molar-refractivity contribution >= 4 is 52.6 Å². The summed E-state index contributed by atoms with van der Waals surface area (Å²) in [5, 5.41) is 4.69. The minimum Gasteiger partial charge on any atom is -0.490 e. The third-order valence-corrected chi connectivity index (χ3v) is 4.29. The molecule has 0 unspecified atom stereocenters. The molecule has 0 aromatic heterocycles. The molecule has 0 heterocycles. The Morgan fingerprint density at radius 3 is 2.37 bits per heavy atom. The Bertz CT molecular complexity index is 582. The van der Waals surface area contributed by atoms with Crippen molar-refractivity contribution in [1.29, 1.82) is 0 Å². The summed E-state index contributed by atoms with van der Waals surface area (Å²) >= 11 is 23.5. The largest absolute Gasteiger partial charge is 0.490 e. The van der Waals surface area contributed by atoms with Crippen molar-refractivity contribution in [2.75, 3.05) is 19.8 Å². The Morgan fingerprint density at radius 2 is 1.70 bits per heavy atom. The highest BCUT2D eigenvalue weighted by Crippen LogP contribution is 2.37. The van der Waals surface area contributed by atoms with Gasteiger partial charge in [0.25, 0.3) is 0 Å². The zero-order valence-electron chi connectivity index (χ0n) is 15.4. The molecule has 0 aliphatic carbocycles. The molecular formula is C19H25Cl4NO3. The van der Waals surface area contributed by atoms with Crippen molar-refractivity contribution in [3.05, 3.63) is 32.7 Å². The van der Waals surface area contributed by atoms with Gasteiger partial charge in [-0.15, -0.1) is 0 Å². The van der Waals surface area contributed by atoms with Crippen LogP contribution in [0.1, 0.15) is 45.4 Å². The molecule has 0 fully saturated rings. The van der Waals surface area contributed by atoms with Gasteiger partial charge in [-0.2, -0.15) is 0 Å². The van der Waals surface area contributed by atoms with Crippen LogP contribution in [0.3, 0.4) is 0 Å². The number of nitrogens with zero attached hydrogens (tertiary/aromatic N) is 1. The summed E-state index contributed by atoms with van der Waals surface area (Å²) in [6.45, 7) is 3.43. The highest BCUT2D eigenvalue weighted by Gasteiger charge is 2.10. The molecule has 1 aromatic carbocycles. The van der Waals surface area contributed by atoms with E-state index in [0.29, 0.717) is 34.8 Å². The van der Waals surface area contributed by atoms with Crippen LogP contribution in [0, 0.1) is 0 Å². The molecule has 0 saturated carbocycles. The first-order valence-corrected chi connectivity index (χ1v) is 10.4. The van der Waals surface area contributed by atoms with E-state index in [-0.39, 0.29) is 11.1 Å². The maximum absolute atomic E-state index is 6.21. The molecule has 0 aliphatic rings. The van der Waals surface area contributed by atoms with Gasteiger partial charge in [0.05, 0.1) is 16.7 Å². The summed E-state index contributed by atoms with van der Waals surface area (Å²) in [6, 6.07) is 3.27. The van der Waals surface area contributed by atoms with Crippen LogP contribution in [0.4, 0.5) is 0 Å². The smallest absolute Gasteiger partial charge is 0.156 e. The Balaban J connectivity index is 2.25. The van der Waals surface area contributed by atoms with E-state index >= 15 is 0 Å². The molecule has 27 heavy (non-hydrogen) atoms. The average Bonchev–Trinajstić information content (AvgIpc) is 2.61. The zero-order chi connectivity index (χ0) is 19.9. The number of unbranched alkanes of at least 4 members (excludes halogenated alkanes) is 4. The molecule has 0 atom stereocenters. The monoisotopic (exact) mass is 455 g/mol. The fourth-order valence-electron chi connectivity index (χ4n) is 2.05. The van der Waals surface area contributed by atoms with E-state index in [2.05, 4.69) is 12.1 Å². The Morgan fingerprint density at radius 1 is 1.00 bits per heavy atom. The molecular weight excluding hydrogens is 432 g/mol. The van der Waals surface area contributed by atoms with Gasteiger partial charge in [0, 0.05) is 18.3 Å². The number of ether oxygens (including phenoxy) is 2. The van der Waals surface area contributed by atoms with Gasteiger partial charge < -0.3 is 14.3 Å². The lowest BCUT2D eigenvalue weighted by atomic mass is 10.2. The van der Waals surface area contributed by atoms with Gasteiger partial charge in [0.1, 0.15) is 23.5 Å². The van der Waals surface area contributed by atoms with E-state index < -0.39 is 0 Å². The molecule has 0 saturated heterocycles. The van der Waals surface area contributed by atoms with Gasteiger partial charge in [-0.25, -0.2) is 0 Å². The molecule has 1 aromatic rings. The third kappa shape index (κ3) is 11.6. The van der Waals surface area contributed by atoms with Crippen LogP contribution in [0.25, 0.3) is 0 Å². The lowest BCUT2D eigenvalue weighted by Gasteiger charge is -2.12. The molecule has 0 radical (unpaired) electrons. The van der Waals surface area contributed by atoms with E-state index in [1.165, 1.54) is 18.9 Å². The number of rotatable bonds is 14. The minimum absolute atomic E-state index is 0.137. The predicted molar refractivity (Wildman–Crippen MR) is 115 cm³/mol. The minimum atomic E-state index is 0.137. The van der Waals surface area contributed by atoms with Crippen molar-refractivity contribution in [3.63, 3.8) is 0 Å². The van der Waals surface area contributed by atoms with Crippen molar-refractivity contribution < 1.29 is 14.3 Å². The topological polar surface area (TPSA) is 40.0 Å². The second kappa shape index (κ2) is 15.2. The molecule has 4 nitrogen and oxygen atoms in total. The summed E-state index contributed by atoms with van der Waals surface area (Å²) in [5.74, 6) is 0.944. The van der Waals surface area contributed by atoms with Gasteiger partial charge in [-0.05, 0) is 31.8 Å². The van der Waals surface area contributed by atoms with Gasteiger partial charge in [0.2, 0.25) is 0 Å². The van der Waals surface area contributed by atoms with E-state index in [0.717, 1.165) is 25.7 Å². The lowest BCUT2D eigenvalue weighted by Crippen LogP contribution is -2.01. The number of hydrogen-bond acceptors (Lipinski definition) is 4. The van der Waals surface area contributed by atoms with Crippen LogP contribution in [-0.2, 0) is 4.84 Å². The van der Waals surface area contributed by atoms with E-state index in [1.54, 1.807) is 12.1 Å². The van der Waals surface area contributed by atoms with Gasteiger partial charge >= 0.3 is 0 Å². The van der Waals surface area contributed by atoms with Crippen molar-refractivity contribution in [2.24, 2.45) is 5.16 Å². The summed E-state index contributed by atoms with van der Waals surface area (Å²) in [6.07, 6.45) is 9.52. The first-order chi connectivity index (χ1) is 13.0. The second-order valence-electron chi connectivity index (χ2n) is 5.69. The van der Waals surface area contributed by atoms with Crippen LogP contribution in [0.2, 0.25) is 10.0 Å². The van der Waals surface area contributed by atoms with E-state index in [1.807, 2.05) is 6.21 Å². The van der Waals surface area contributed by atoms with Crippen molar-refractivity contribution in [1.82, 2.24) is 0 Å². The Kier molecular flexibility index (Phi) is 13.6. The molecule has 0 spiro atoms. The Hall–Kier alpha value is -0.810. The van der Waals surface area contributed by atoms with Gasteiger partial charge in [-0.1, -0.05) is 71.3 Å². The van der Waals surface area contributed by atoms with Gasteiger partial charge in [-0.3, -0.25) is 0 Å². The zero-order valence-corrected chi connectivity index (χ0v) is 18.4. The first kappa shape index (κ1) is 24.2. The van der Waals surface area contributed by atoms with Crippen molar-refractivity contribution in [3.8, 4) is 11.5 Å². The first-order valence-electron chi connectivity index (χ1n) is 8.94. The molecule has 0 amide bonds. The maximum Gasteiger partial charge on any atom is 0.156 e. The molecule has 0 bridgehead atoms. The predicted octanol–water partition coefficient (Wildman–Crippen LogP) is 7.43. The van der Waals surface area contributed by atoms with Gasteiger partial charge in [0.15, 0.2) is 5.75 Å². The lowest BCUT2D eigenvalue weighted by molar-refractivity contribution is 0.136. The second-order valence-corrected chi connectivity index (χ2v) is 7.52. The fraction of sp³-hybridized carbons (Fsp3) is 0.526. The van der Waals surface area contributed by atoms with Crippen LogP contribution in [0.15, 0.2) is 27.9 Å². The average molecular weight is 457 g/mol. The van der Waals surface area contributed by atoms with E-state index in [4.69, 9.17) is 60.7 Å². The number of hydrogen-bond donors (Lipinski definition) is 0. The standard InChI is InChI=1S/C19H25Cl4NO3/c1-2-3-4-5-9-24-27-11-7-6-10-26-19-16(20)13-15(14-17(19)21)25-12-8-18(22)23/h8-9,13-14H,2-7,10-12H2,1H3. The highest BCUT2D eigenvalue weighted by molar-refractivity contribution is 6.55. The third-order valence-electron chi connectivity index (χ3n) is 3.42. The highest BCUT2D eigenvalue weighted by atomic mass is 35.5. The molecule has 8 heteroatoms. The molecule has 152 valence electrons. The number of halogens is 4. The van der Waals surface area contributed by atoms with Crippen LogP contribution in [-0.4, -0.2) is 26.0 Å². The van der Waals surface area contributed by atoms with Crippen molar-refractivity contribution in [2.45, 2.75) is 45.4 Å². The fourth-order valence-corrected chi connectivity index (χ4v) is 2.75. The van der Waals surface area contributed by atoms with Crippen LogP contribution < -0.4 is 9.47 Å². The normalized spacial score (nSPS) is 10.9. The number of benzene rings is 1. The Labute approximate surface area is 181 Å². The van der Waals surface area contributed by atoms with E-state index in [9.17, 15) is 0 Å². The molecule has 0 aliphatic heterocycles. The van der Waals surface area contributed by atoms with Crippen LogP contribution in [0.5, 0.6) is 11.5 Å². The maximum atomic E-state index is 6.21. The summed E-state index contributed by atoms with van der Waals surface area (Å²) in [7, 11) is 0. The SMILES string of the molecule is CCCCCC=NOCCCCOc1c(Cl)cc(OCC=C(Cl)Cl)cc1Cl. The van der Waals surface area contributed by atoms with Crippen LogP contribution >= 0.6 is 46.4 Å². The summed E-state index contributed by atoms with van der Waals surface area (Å²) in [5.41, 5.74) is 0.